The molecule has 0 amide bonds. The maximum absolute atomic E-state index is 4.53. The van der Waals surface area contributed by atoms with Crippen molar-refractivity contribution >= 4 is 33.4 Å². The number of aromatic amines is 1. The zero-order valence-electron chi connectivity index (χ0n) is 9.57. The number of para-hydroxylation sites is 1. The fourth-order valence-electron chi connectivity index (χ4n) is 3.87. The van der Waals surface area contributed by atoms with Gasteiger partial charge in [-0.15, -0.1) is 11.7 Å². The third kappa shape index (κ3) is 1.14. The molecule has 0 saturated heterocycles. The van der Waals surface area contributed by atoms with Gasteiger partial charge in [-0.2, -0.15) is 0 Å². The van der Waals surface area contributed by atoms with Crippen LogP contribution in [-0.2, 0) is 5.41 Å². The largest absolute Gasteiger partial charge is 0.361 e. The molecule has 2 atom stereocenters. The minimum absolute atomic E-state index is 0.416. The van der Waals surface area contributed by atoms with E-state index >= 15 is 0 Å². The van der Waals surface area contributed by atoms with Gasteiger partial charge in [0.2, 0.25) is 0 Å². The molecule has 17 heavy (non-hydrogen) atoms. The van der Waals surface area contributed by atoms with Crippen LogP contribution in [0, 0.1) is 0 Å². The van der Waals surface area contributed by atoms with E-state index in [-0.39, 0.29) is 0 Å². The van der Waals surface area contributed by atoms with Crippen LogP contribution in [0.5, 0.6) is 0 Å². The van der Waals surface area contributed by atoms with Gasteiger partial charge in [-0.1, -0.05) is 35.4 Å². The first-order chi connectivity index (χ1) is 8.31. The third-order valence-electron chi connectivity index (χ3n) is 4.80. The highest BCUT2D eigenvalue weighted by Gasteiger charge is 2.71. The molecule has 2 unspecified atom stereocenters. The molecule has 2 fully saturated rings. The van der Waals surface area contributed by atoms with Crippen molar-refractivity contribution in [1.82, 2.24) is 4.98 Å². The summed E-state index contributed by atoms with van der Waals surface area (Å²) in [6.07, 6.45) is 7.58. The molecule has 0 bridgehead atoms. The molecule has 88 valence electrons. The molecule has 2 aromatic rings. The van der Waals surface area contributed by atoms with Crippen LogP contribution in [0.25, 0.3) is 10.9 Å². The number of hydrogen-bond donors (Lipinski definition) is 2. The summed E-state index contributed by atoms with van der Waals surface area (Å²) >= 11 is 4.53. The van der Waals surface area contributed by atoms with Crippen molar-refractivity contribution in [2.75, 3.05) is 0 Å². The Kier molecular flexibility index (Phi) is 2.00. The first-order valence-corrected chi connectivity index (χ1v) is 8.07. The summed E-state index contributed by atoms with van der Waals surface area (Å²) in [5.41, 5.74) is 3.22. The van der Waals surface area contributed by atoms with Gasteiger partial charge in [0.25, 0.3) is 0 Å². The van der Waals surface area contributed by atoms with Gasteiger partial charge in [0.1, 0.15) is 0 Å². The Morgan fingerprint density at radius 2 is 2.12 bits per heavy atom. The maximum Gasteiger partial charge on any atom is 0.0457 e. The number of hydrogen-bond acceptors (Lipinski definition) is 2. The first kappa shape index (κ1) is 10.4. The minimum Gasteiger partial charge on any atom is -0.361 e. The molecule has 1 aromatic carbocycles. The summed E-state index contributed by atoms with van der Waals surface area (Å²) in [6.45, 7) is 0. The molecule has 1 nitrogen and oxygen atoms in total. The number of rotatable bonds is 2. The molecule has 3 heteroatoms. The van der Waals surface area contributed by atoms with Gasteiger partial charge >= 0.3 is 0 Å². The van der Waals surface area contributed by atoms with E-state index in [1.807, 2.05) is 0 Å². The van der Waals surface area contributed by atoms with Gasteiger partial charge in [0.15, 0.2) is 0 Å². The maximum atomic E-state index is 4.53. The first-order valence-electron chi connectivity index (χ1n) is 6.21. The van der Waals surface area contributed by atoms with Crippen LogP contribution in [0.3, 0.4) is 0 Å². The number of thiol groups is 1. The SMILES string of the molecule is SSC12CCCC1(c1c[nH]c3ccccc13)C2. The van der Waals surface area contributed by atoms with E-state index in [0.717, 1.165) is 0 Å². The van der Waals surface area contributed by atoms with E-state index in [1.165, 1.54) is 42.1 Å². The van der Waals surface area contributed by atoms with Gasteiger partial charge in [-0.3, -0.25) is 0 Å². The molecular weight excluding hydrogens is 246 g/mol. The van der Waals surface area contributed by atoms with Crippen LogP contribution in [0.4, 0.5) is 0 Å². The summed E-state index contributed by atoms with van der Waals surface area (Å²) in [6, 6.07) is 8.66. The van der Waals surface area contributed by atoms with E-state index in [9.17, 15) is 0 Å². The van der Waals surface area contributed by atoms with E-state index < -0.39 is 0 Å². The normalized spacial score (nSPS) is 35.1. The molecule has 2 saturated carbocycles. The average Bonchev–Trinajstić information content (AvgIpc) is 2.74. The van der Waals surface area contributed by atoms with Crippen LogP contribution < -0.4 is 0 Å². The highest BCUT2D eigenvalue weighted by atomic mass is 33.1. The molecule has 0 radical (unpaired) electrons. The van der Waals surface area contributed by atoms with Crippen molar-refractivity contribution < 1.29 is 0 Å². The molecular formula is C14H15NS2. The number of nitrogens with one attached hydrogen (secondary N) is 1. The highest BCUT2D eigenvalue weighted by Crippen LogP contribution is 2.75. The smallest absolute Gasteiger partial charge is 0.0457 e. The van der Waals surface area contributed by atoms with Gasteiger partial charge in [-0.05, 0) is 30.9 Å². The van der Waals surface area contributed by atoms with Gasteiger partial charge < -0.3 is 4.98 Å². The van der Waals surface area contributed by atoms with Crippen LogP contribution in [0.1, 0.15) is 31.2 Å². The van der Waals surface area contributed by atoms with Crippen molar-refractivity contribution in [3.05, 3.63) is 36.0 Å². The number of aromatic nitrogens is 1. The van der Waals surface area contributed by atoms with Crippen LogP contribution in [0.15, 0.2) is 30.5 Å². The lowest BCUT2D eigenvalue weighted by Gasteiger charge is -2.15. The second kappa shape index (κ2) is 3.27. The fourth-order valence-corrected chi connectivity index (χ4v) is 5.80. The molecule has 0 spiro atoms. The molecule has 1 heterocycles. The zero-order chi connectivity index (χ0) is 11.5. The Hall–Kier alpha value is -0.540. The summed E-state index contributed by atoms with van der Waals surface area (Å²) in [5.74, 6) is 0. The average molecular weight is 261 g/mol. The van der Waals surface area contributed by atoms with Crippen molar-refractivity contribution in [3.63, 3.8) is 0 Å². The third-order valence-corrected chi connectivity index (χ3v) is 6.94. The molecule has 1 aromatic heterocycles. The predicted octanol–water partition coefficient (Wildman–Crippen LogP) is 4.31. The second-order valence-electron chi connectivity index (χ2n) is 5.45. The number of H-pyrrole nitrogens is 1. The lowest BCUT2D eigenvalue weighted by Crippen LogP contribution is -2.12. The Bertz CT molecular complexity index is 591. The van der Waals surface area contributed by atoms with Crippen molar-refractivity contribution in [1.29, 1.82) is 0 Å². The van der Waals surface area contributed by atoms with Crippen LogP contribution in [0.2, 0.25) is 0 Å². The van der Waals surface area contributed by atoms with Gasteiger partial charge in [-0.25, -0.2) is 0 Å². The van der Waals surface area contributed by atoms with Gasteiger partial charge in [0.05, 0.1) is 0 Å². The minimum atomic E-state index is 0.416. The zero-order valence-corrected chi connectivity index (χ0v) is 11.3. The second-order valence-corrected chi connectivity index (χ2v) is 6.96. The number of benzene rings is 1. The highest BCUT2D eigenvalue weighted by molar-refractivity contribution is 8.69. The van der Waals surface area contributed by atoms with Crippen molar-refractivity contribution in [3.8, 4) is 0 Å². The monoisotopic (exact) mass is 261 g/mol. The van der Waals surface area contributed by atoms with Gasteiger partial charge in [0, 0.05) is 27.3 Å². The molecule has 4 rings (SSSR count). The number of fused-ring (bicyclic) bond motifs is 2. The fraction of sp³-hybridized carbons (Fsp3) is 0.429. The Balaban J connectivity index is 1.91. The van der Waals surface area contributed by atoms with Crippen LogP contribution in [-0.4, -0.2) is 9.73 Å². The van der Waals surface area contributed by atoms with E-state index in [4.69, 9.17) is 0 Å². The summed E-state index contributed by atoms with van der Waals surface area (Å²) in [5, 5.41) is 1.42. The Morgan fingerprint density at radius 1 is 1.24 bits per heavy atom. The van der Waals surface area contributed by atoms with Crippen molar-refractivity contribution in [2.24, 2.45) is 0 Å². The summed E-state index contributed by atoms with van der Waals surface area (Å²) in [7, 11) is 1.79. The van der Waals surface area contributed by atoms with E-state index in [2.05, 4.69) is 47.1 Å². The van der Waals surface area contributed by atoms with Crippen molar-refractivity contribution in [2.45, 2.75) is 35.8 Å². The standard InChI is InChI=1S/C14H15NS2/c16-17-14-7-3-6-13(14,9-14)11-8-15-12-5-2-1-4-10(11)12/h1-2,4-5,8,15-16H,3,6-7,9H2. The Labute approximate surface area is 110 Å². The molecule has 1 N–H and O–H groups in total. The lowest BCUT2D eigenvalue weighted by molar-refractivity contribution is 0.664. The summed E-state index contributed by atoms with van der Waals surface area (Å²) < 4.78 is 0.432. The summed E-state index contributed by atoms with van der Waals surface area (Å²) in [4.78, 5) is 3.42. The van der Waals surface area contributed by atoms with E-state index in [1.54, 1.807) is 10.8 Å². The molecule has 2 aliphatic rings. The van der Waals surface area contributed by atoms with Crippen LogP contribution >= 0.6 is 22.5 Å². The Morgan fingerprint density at radius 3 is 2.94 bits per heavy atom. The quantitative estimate of drug-likeness (QED) is 0.608. The topological polar surface area (TPSA) is 15.8 Å². The molecule has 0 aliphatic heterocycles. The lowest BCUT2D eigenvalue weighted by atomic mass is 9.93. The molecule has 2 aliphatic carbocycles. The van der Waals surface area contributed by atoms with E-state index in [0.29, 0.717) is 10.2 Å². The predicted molar refractivity (Wildman–Crippen MR) is 77.8 cm³/mol.